The Morgan fingerprint density at radius 2 is 2.11 bits per heavy atom. The minimum Gasteiger partial charge on any atom is -0.497 e. The molecule has 6 atom stereocenters. The van der Waals surface area contributed by atoms with E-state index in [0.717, 1.165) is 37.0 Å². The number of nitrogens with zero attached hydrogens (tertiary/aromatic N) is 1. The SMILES string of the molecule is [C-]#[N+][C@H](C)CC1CC[C@@H]2O[C@@H]3C[C@]2(CO[C@H]3OCc2ccc(OC)cc2)O1. The summed E-state index contributed by atoms with van der Waals surface area (Å²) in [6, 6.07) is 7.82. The van der Waals surface area contributed by atoms with Crippen LogP contribution in [0.3, 0.4) is 0 Å². The molecule has 4 rings (SSSR count). The third-order valence-corrected chi connectivity index (χ3v) is 5.82. The van der Waals surface area contributed by atoms with Crippen LogP contribution in [-0.4, -0.2) is 50.0 Å². The molecule has 2 bridgehead atoms. The number of hydrogen-bond acceptors (Lipinski definition) is 5. The second-order valence-corrected chi connectivity index (χ2v) is 7.80. The lowest BCUT2D eigenvalue weighted by molar-refractivity contribution is -0.242. The molecule has 0 amide bonds. The lowest BCUT2D eigenvalue weighted by Crippen LogP contribution is -2.54. The van der Waals surface area contributed by atoms with Crippen LogP contribution in [0.2, 0.25) is 0 Å². The molecule has 1 aromatic rings. The molecule has 6 heteroatoms. The summed E-state index contributed by atoms with van der Waals surface area (Å²) in [5.74, 6) is 0.831. The van der Waals surface area contributed by atoms with E-state index >= 15 is 0 Å². The van der Waals surface area contributed by atoms with Gasteiger partial charge in [0.25, 0.3) is 0 Å². The smallest absolute Gasteiger partial charge is 0.223 e. The normalized spacial score (nSPS) is 35.9. The van der Waals surface area contributed by atoms with Crippen molar-refractivity contribution in [2.75, 3.05) is 13.7 Å². The predicted octanol–water partition coefficient (Wildman–Crippen LogP) is 3.34. The first-order valence-corrected chi connectivity index (χ1v) is 9.68. The van der Waals surface area contributed by atoms with Crippen molar-refractivity contribution >= 4 is 0 Å². The van der Waals surface area contributed by atoms with Crippen molar-refractivity contribution in [2.45, 2.75) is 75.5 Å². The minimum atomic E-state index is -0.368. The highest BCUT2D eigenvalue weighted by molar-refractivity contribution is 5.26. The average molecular weight is 373 g/mol. The highest BCUT2D eigenvalue weighted by Gasteiger charge is 2.58. The van der Waals surface area contributed by atoms with E-state index in [1.807, 2.05) is 31.2 Å². The number of rotatable bonds is 6. The first-order valence-electron chi connectivity index (χ1n) is 9.68. The molecular weight excluding hydrogens is 346 g/mol. The van der Waals surface area contributed by atoms with Gasteiger partial charge < -0.3 is 28.5 Å². The molecule has 146 valence electrons. The van der Waals surface area contributed by atoms with E-state index in [4.69, 9.17) is 30.3 Å². The van der Waals surface area contributed by atoms with E-state index in [0.29, 0.717) is 13.2 Å². The predicted molar refractivity (Wildman–Crippen MR) is 98.3 cm³/mol. The van der Waals surface area contributed by atoms with Gasteiger partial charge in [-0.1, -0.05) is 12.1 Å². The molecule has 0 saturated carbocycles. The second-order valence-electron chi connectivity index (χ2n) is 7.80. The van der Waals surface area contributed by atoms with Gasteiger partial charge in [-0.05, 0) is 30.5 Å². The van der Waals surface area contributed by atoms with E-state index < -0.39 is 0 Å². The summed E-state index contributed by atoms with van der Waals surface area (Å²) in [5.41, 5.74) is 0.703. The van der Waals surface area contributed by atoms with Gasteiger partial charge in [-0.25, -0.2) is 6.57 Å². The molecule has 3 heterocycles. The molecule has 3 saturated heterocycles. The Labute approximate surface area is 160 Å². The molecule has 27 heavy (non-hydrogen) atoms. The fraction of sp³-hybridized carbons (Fsp3) is 0.667. The first kappa shape index (κ1) is 18.7. The maximum Gasteiger partial charge on any atom is 0.223 e. The van der Waals surface area contributed by atoms with Crippen LogP contribution in [0.1, 0.15) is 38.2 Å². The average Bonchev–Trinajstić information content (AvgIpc) is 3.00. The monoisotopic (exact) mass is 373 g/mol. The number of fused-ring (bicyclic) bond motifs is 1. The van der Waals surface area contributed by atoms with Crippen molar-refractivity contribution < 1.29 is 23.7 Å². The maximum absolute atomic E-state index is 7.17. The molecule has 1 spiro atoms. The fourth-order valence-electron chi connectivity index (χ4n) is 4.37. The Morgan fingerprint density at radius 1 is 1.30 bits per heavy atom. The zero-order valence-electron chi connectivity index (χ0n) is 15.9. The largest absolute Gasteiger partial charge is 0.497 e. The zero-order valence-corrected chi connectivity index (χ0v) is 15.9. The van der Waals surface area contributed by atoms with Crippen LogP contribution in [0.4, 0.5) is 0 Å². The summed E-state index contributed by atoms with van der Waals surface area (Å²) < 4.78 is 29.9. The molecule has 1 unspecified atom stereocenters. The standard InChI is InChI=1S/C21H27NO5/c1-14(22-2)10-17-8-9-19-21(27-17)11-18(26-19)20(25-13-21)24-12-15-4-6-16(23-3)7-5-15/h4-7,14,17-20H,8-13H2,1,3H3/t14-,17?,18-,19+,20-,21-/m1/s1. The van der Waals surface area contributed by atoms with E-state index in [2.05, 4.69) is 4.85 Å². The van der Waals surface area contributed by atoms with E-state index in [1.165, 1.54) is 0 Å². The van der Waals surface area contributed by atoms with Crippen molar-refractivity contribution in [3.05, 3.63) is 41.2 Å². The van der Waals surface area contributed by atoms with Gasteiger partial charge in [-0.15, -0.1) is 0 Å². The molecule has 0 N–H and O–H groups in total. The fourth-order valence-corrected chi connectivity index (χ4v) is 4.37. The van der Waals surface area contributed by atoms with Crippen LogP contribution in [0, 0.1) is 6.57 Å². The Morgan fingerprint density at radius 3 is 2.85 bits per heavy atom. The third-order valence-electron chi connectivity index (χ3n) is 5.82. The topological polar surface area (TPSA) is 50.5 Å². The quantitative estimate of drug-likeness (QED) is 0.716. The minimum absolute atomic E-state index is 0.00819. The Kier molecular flexibility index (Phi) is 5.38. The lowest BCUT2D eigenvalue weighted by Gasteiger charge is -2.43. The van der Waals surface area contributed by atoms with Gasteiger partial charge in [0.05, 0.1) is 32.5 Å². The summed E-state index contributed by atoms with van der Waals surface area (Å²) in [4.78, 5) is 3.60. The van der Waals surface area contributed by atoms with Gasteiger partial charge >= 0.3 is 0 Å². The van der Waals surface area contributed by atoms with Crippen LogP contribution in [0.15, 0.2) is 24.3 Å². The molecule has 3 aliphatic heterocycles. The molecule has 3 fully saturated rings. The van der Waals surface area contributed by atoms with Crippen molar-refractivity contribution in [1.82, 2.24) is 0 Å². The highest BCUT2D eigenvalue weighted by atomic mass is 16.7. The molecule has 6 nitrogen and oxygen atoms in total. The van der Waals surface area contributed by atoms with E-state index in [9.17, 15) is 0 Å². The third kappa shape index (κ3) is 3.83. The summed E-state index contributed by atoms with van der Waals surface area (Å²) in [5, 5.41) is 0. The Bertz CT molecular complexity index is 687. The van der Waals surface area contributed by atoms with Crippen LogP contribution in [0.25, 0.3) is 4.85 Å². The van der Waals surface area contributed by atoms with Crippen LogP contribution in [0.5, 0.6) is 5.75 Å². The molecule has 1 aromatic carbocycles. The summed E-state index contributed by atoms with van der Waals surface area (Å²) in [6.07, 6.45) is 3.20. The summed E-state index contributed by atoms with van der Waals surface area (Å²) in [7, 11) is 1.66. The van der Waals surface area contributed by atoms with Crippen LogP contribution in [-0.2, 0) is 25.6 Å². The molecule has 0 aromatic heterocycles. The Hall–Kier alpha value is -1.65. The highest BCUT2D eigenvalue weighted by Crippen LogP contribution is 2.47. The van der Waals surface area contributed by atoms with Gasteiger partial charge in [0.1, 0.15) is 17.5 Å². The van der Waals surface area contributed by atoms with E-state index in [1.54, 1.807) is 7.11 Å². The Balaban J connectivity index is 1.33. The number of hydrogen-bond donors (Lipinski definition) is 0. The number of methoxy groups -OCH3 is 1. The molecular formula is C21H27NO5. The second kappa shape index (κ2) is 7.76. The lowest BCUT2D eigenvalue weighted by atomic mass is 9.85. The van der Waals surface area contributed by atoms with Crippen molar-refractivity contribution in [2.24, 2.45) is 0 Å². The summed E-state index contributed by atoms with van der Waals surface area (Å²) >= 11 is 0. The van der Waals surface area contributed by atoms with Gasteiger partial charge in [-0.2, -0.15) is 0 Å². The van der Waals surface area contributed by atoms with Crippen molar-refractivity contribution in [3.8, 4) is 5.75 Å². The van der Waals surface area contributed by atoms with Crippen LogP contribution < -0.4 is 4.74 Å². The van der Waals surface area contributed by atoms with Gasteiger partial charge in [0.2, 0.25) is 6.04 Å². The molecule has 3 aliphatic rings. The van der Waals surface area contributed by atoms with E-state index in [-0.39, 0.29) is 36.2 Å². The maximum atomic E-state index is 7.17. The zero-order chi connectivity index (χ0) is 18.9. The number of ether oxygens (including phenoxy) is 5. The van der Waals surface area contributed by atoms with Crippen molar-refractivity contribution in [1.29, 1.82) is 0 Å². The first-order chi connectivity index (χ1) is 13.1. The van der Waals surface area contributed by atoms with Gasteiger partial charge in [0.15, 0.2) is 6.29 Å². The molecule has 0 radical (unpaired) electrons. The molecule has 0 aliphatic carbocycles. The summed E-state index contributed by atoms with van der Waals surface area (Å²) in [6.45, 7) is 10.1. The van der Waals surface area contributed by atoms with Crippen molar-refractivity contribution in [3.63, 3.8) is 0 Å². The number of benzene rings is 1. The van der Waals surface area contributed by atoms with Crippen LogP contribution >= 0.6 is 0 Å². The van der Waals surface area contributed by atoms with Gasteiger partial charge in [0, 0.05) is 19.8 Å². The van der Waals surface area contributed by atoms with Gasteiger partial charge in [-0.3, -0.25) is 0 Å².